The Morgan fingerprint density at radius 3 is 3.08 bits per heavy atom. The molecule has 1 saturated heterocycles. The summed E-state index contributed by atoms with van der Waals surface area (Å²) >= 11 is 0. The summed E-state index contributed by atoms with van der Waals surface area (Å²) in [7, 11) is 0. The molecule has 1 aliphatic heterocycles. The monoisotopic (exact) mass is 186 g/mol. The molecule has 1 fully saturated rings. The molecule has 3 N–H and O–H groups in total. The van der Waals surface area contributed by atoms with Crippen LogP contribution in [0.4, 0.5) is 0 Å². The quantitative estimate of drug-likeness (QED) is 0.573. The van der Waals surface area contributed by atoms with Crippen molar-refractivity contribution in [3.8, 4) is 0 Å². The summed E-state index contributed by atoms with van der Waals surface area (Å²) < 4.78 is 0. The molecule has 4 nitrogen and oxygen atoms in total. The van der Waals surface area contributed by atoms with Crippen LogP contribution in [0.25, 0.3) is 0 Å². The van der Waals surface area contributed by atoms with Gasteiger partial charge in [-0.15, -0.1) is 0 Å². The molecule has 0 aromatic heterocycles. The Morgan fingerprint density at radius 2 is 2.54 bits per heavy atom. The van der Waals surface area contributed by atoms with Gasteiger partial charge in [-0.05, 0) is 32.7 Å². The highest BCUT2D eigenvalue weighted by Crippen LogP contribution is 2.10. The lowest BCUT2D eigenvalue weighted by Gasteiger charge is -2.16. The standard InChI is InChI=1S/C9H18N2O2/c1-7(11-6-9(12)13)5-8-3-2-4-10-8/h7-8,10-11H,2-6H2,1H3,(H,12,13). The Balaban J connectivity index is 2.09. The first-order valence-corrected chi connectivity index (χ1v) is 4.87. The van der Waals surface area contributed by atoms with E-state index in [-0.39, 0.29) is 12.6 Å². The van der Waals surface area contributed by atoms with E-state index in [2.05, 4.69) is 10.6 Å². The van der Waals surface area contributed by atoms with Gasteiger partial charge in [0.1, 0.15) is 0 Å². The van der Waals surface area contributed by atoms with Crippen LogP contribution in [0.5, 0.6) is 0 Å². The second-order valence-electron chi connectivity index (χ2n) is 3.70. The maximum atomic E-state index is 10.3. The van der Waals surface area contributed by atoms with Gasteiger partial charge in [-0.2, -0.15) is 0 Å². The zero-order valence-corrected chi connectivity index (χ0v) is 8.05. The van der Waals surface area contributed by atoms with E-state index in [1.54, 1.807) is 0 Å². The minimum Gasteiger partial charge on any atom is -0.480 e. The lowest BCUT2D eigenvalue weighted by molar-refractivity contribution is -0.136. The summed E-state index contributed by atoms with van der Waals surface area (Å²) in [5.74, 6) is -0.786. The summed E-state index contributed by atoms with van der Waals surface area (Å²) in [5, 5.41) is 14.8. The molecule has 76 valence electrons. The molecule has 1 rings (SSSR count). The Kier molecular flexibility index (Phi) is 4.18. The third-order valence-corrected chi connectivity index (χ3v) is 2.40. The molecule has 0 bridgehead atoms. The Labute approximate surface area is 78.7 Å². The topological polar surface area (TPSA) is 61.4 Å². The van der Waals surface area contributed by atoms with Crippen molar-refractivity contribution in [2.75, 3.05) is 13.1 Å². The molecule has 2 unspecified atom stereocenters. The molecule has 1 aliphatic rings. The van der Waals surface area contributed by atoms with Crippen LogP contribution in [-0.2, 0) is 4.79 Å². The molecular weight excluding hydrogens is 168 g/mol. The van der Waals surface area contributed by atoms with E-state index in [1.807, 2.05) is 6.92 Å². The van der Waals surface area contributed by atoms with Gasteiger partial charge in [0.2, 0.25) is 0 Å². The Morgan fingerprint density at radius 1 is 1.77 bits per heavy atom. The fourth-order valence-corrected chi connectivity index (χ4v) is 1.73. The molecule has 2 atom stereocenters. The van der Waals surface area contributed by atoms with Gasteiger partial charge in [0.05, 0.1) is 6.54 Å². The molecule has 0 aromatic rings. The van der Waals surface area contributed by atoms with Crippen molar-refractivity contribution in [2.45, 2.75) is 38.3 Å². The van der Waals surface area contributed by atoms with E-state index in [0.29, 0.717) is 6.04 Å². The molecule has 0 aromatic carbocycles. The van der Waals surface area contributed by atoms with Gasteiger partial charge in [-0.25, -0.2) is 0 Å². The van der Waals surface area contributed by atoms with Crippen molar-refractivity contribution < 1.29 is 9.90 Å². The first kappa shape index (κ1) is 10.5. The van der Waals surface area contributed by atoms with Gasteiger partial charge < -0.3 is 15.7 Å². The molecule has 4 heteroatoms. The SMILES string of the molecule is CC(CC1CCCN1)NCC(=O)O. The Bertz CT molecular complexity index is 167. The molecule has 1 heterocycles. The number of rotatable bonds is 5. The highest BCUT2D eigenvalue weighted by atomic mass is 16.4. The zero-order valence-electron chi connectivity index (χ0n) is 8.05. The van der Waals surface area contributed by atoms with Gasteiger partial charge in [0.15, 0.2) is 0 Å². The summed E-state index contributed by atoms with van der Waals surface area (Å²) in [4.78, 5) is 10.3. The third-order valence-electron chi connectivity index (χ3n) is 2.40. The average Bonchev–Trinajstić information content (AvgIpc) is 2.53. The Hall–Kier alpha value is -0.610. The first-order valence-electron chi connectivity index (χ1n) is 4.87. The second-order valence-corrected chi connectivity index (χ2v) is 3.70. The largest absolute Gasteiger partial charge is 0.480 e. The van der Waals surface area contributed by atoms with E-state index in [4.69, 9.17) is 5.11 Å². The lowest BCUT2D eigenvalue weighted by atomic mass is 10.1. The van der Waals surface area contributed by atoms with Crippen LogP contribution in [0.1, 0.15) is 26.2 Å². The average molecular weight is 186 g/mol. The third kappa shape index (κ3) is 4.24. The van der Waals surface area contributed by atoms with Gasteiger partial charge >= 0.3 is 5.97 Å². The molecule has 0 radical (unpaired) electrons. The highest BCUT2D eigenvalue weighted by molar-refractivity contribution is 5.69. The molecular formula is C9H18N2O2. The maximum Gasteiger partial charge on any atom is 0.317 e. The summed E-state index contributed by atoms with van der Waals surface area (Å²) in [5.41, 5.74) is 0. The minimum absolute atomic E-state index is 0.0634. The molecule has 0 spiro atoms. The van der Waals surface area contributed by atoms with Crippen LogP contribution in [0.2, 0.25) is 0 Å². The molecule has 0 saturated carbocycles. The predicted octanol–water partition coefficient (Wildman–Crippen LogP) is 0.191. The van der Waals surface area contributed by atoms with Crippen LogP contribution in [0.15, 0.2) is 0 Å². The molecule has 0 aliphatic carbocycles. The first-order chi connectivity index (χ1) is 6.18. The van der Waals surface area contributed by atoms with E-state index in [9.17, 15) is 4.79 Å². The van der Waals surface area contributed by atoms with E-state index < -0.39 is 5.97 Å². The van der Waals surface area contributed by atoms with Crippen molar-refractivity contribution in [1.29, 1.82) is 0 Å². The molecule has 0 amide bonds. The number of aliphatic carboxylic acids is 1. The fourth-order valence-electron chi connectivity index (χ4n) is 1.73. The van der Waals surface area contributed by atoms with Crippen molar-refractivity contribution in [3.63, 3.8) is 0 Å². The molecule has 13 heavy (non-hydrogen) atoms. The normalized spacial score (nSPS) is 24.5. The van der Waals surface area contributed by atoms with Crippen molar-refractivity contribution in [2.24, 2.45) is 0 Å². The number of nitrogens with one attached hydrogen (secondary N) is 2. The zero-order chi connectivity index (χ0) is 9.68. The van der Waals surface area contributed by atoms with E-state index in [0.717, 1.165) is 13.0 Å². The number of carboxylic acids is 1. The van der Waals surface area contributed by atoms with Crippen LogP contribution >= 0.6 is 0 Å². The van der Waals surface area contributed by atoms with Crippen LogP contribution in [0, 0.1) is 0 Å². The van der Waals surface area contributed by atoms with Gasteiger partial charge in [-0.3, -0.25) is 4.79 Å². The van der Waals surface area contributed by atoms with Crippen molar-refractivity contribution >= 4 is 5.97 Å². The highest BCUT2D eigenvalue weighted by Gasteiger charge is 2.16. The van der Waals surface area contributed by atoms with Crippen LogP contribution in [0.3, 0.4) is 0 Å². The fraction of sp³-hybridized carbons (Fsp3) is 0.889. The summed E-state index contributed by atoms with van der Waals surface area (Å²) in [6.45, 7) is 3.20. The lowest BCUT2D eigenvalue weighted by Crippen LogP contribution is -2.36. The van der Waals surface area contributed by atoms with Crippen molar-refractivity contribution in [3.05, 3.63) is 0 Å². The van der Waals surface area contributed by atoms with E-state index >= 15 is 0 Å². The summed E-state index contributed by atoms with van der Waals surface area (Å²) in [6.07, 6.45) is 3.49. The van der Waals surface area contributed by atoms with Gasteiger partial charge in [0, 0.05) is 12.1 Å². The van der Waals surface area contributed by atoms with Gasteiger partial charge in [0.25, 0.3) is 0 Å². The number of hydrogen-bond acceptors (Lipinski definition) is 3. The smallest absolute Gasteiger partial charge is 0.317 e. The predicted molar refractivity (Wildman–Crippen MR) is 50.7 cm³/mol. The van der Waals surface area contributed by atoms with Crippen LogP contribution < -0.4 is 10.6 Å². The van der Waals surface area contributed by atoms with Crippen LogP contribution in [-0.4, -0.2) is 36.2 Å². The summed E-state index contributed by atoms with van der Waals surface area (Å²) in [6, 6.07) is 0.864. The van der Waals surface area contributed by atoms with Gasteiger partial charge in [-0.1, -0.05) is 0 Å². The minimum atomic E-state index is -0.786. The second kappa shape index (κ2) is 5.19. The van der Waals surface area contributed by atoms with Crippen molar-refractivity contribution in [1.82, 2.24) is 10.6 Å². The number of carbonyl (C=O) groups is 1. The number of hydrogen-bond donors (Lipinski definition) is 3. The van der Waals surface area contributed by atoms with E-state index in [1.165, 1.54) is 12.8 Å². The number of carboxylic acid groups (broad SMARTS) is 1. The maximum absolute atomic E-state index is 10.3.